The van der Waals surface area contributed by atoms with Crippen LogP contribution in [0.3, 0.4) is 0 Å². The number of ether oxygens (including phenoxy) is 2. The largest absolute Gasteiger partial charge is 0.495 e. The molecule has 1 aliphatic heterocycles. The van der Waals surface area contributed by atoms with Gasteiger partial charge in [-0.2, -0.15) is 0 Å². The van der Waals surface area contributed by atoms with Gasteiger partial charge in [-0.15, -0.1) is 0 Å². The molecule has 41 heavy (non-hydrogen) atoms. The Bertz CT molecular complexity index is 1390. The third-order valence-corrected chi connectivity index (χ3v) is 6.93. The SMILES string of the molecule is COc1cc(CC(=O)N2C[C@@H](F)C[C@H]2COc2ccc(C(=O)O)cc2)ccc1NC(=O)Nc1ccccc1C(C)C. The van der Waals surface area contributed by atoms with Crippen LogP contribution in [0.25, 0.3) is 0 Å². The molecular formula is C31H34FN3O6. The molecule has 0 spiro atoms. The second-order valence-corrected chi connectivity index (χ2v) is 10.2. The van der Waals surface area contributed by atoms with Gasteiger partial charge in [0.15, 0.2) is 0 Å². The number of nitrogens with zero attached hydrogens (tertiary/aromatic N) is 1. The van der Waals surface area contributed by atoms with Crippen molar-refractivity contribution in [3.63, 3.8) is 0 Å². The Morgan fingerprint density at radius 2 is 1.73 bits per heavy atom. The Kier molecular flexibility index (Phi) is 9.44. The molecule has 2 atom stereocenters. The zero-order valence-electron chi connectivity index (χ0n) is 23.2. The number of alkyl halides is 1. The van der Waals surface area contributed by atoms with Crippen LogP contribution in [0.1, 0.15) is 47.7 Å². The molecule has 3 aromatic rings. The van der Waals surface area contributed by atoms with Crippen molar-refractivity contribution in [2.45, 2.75) is 44.8 Å². The fourth-order valence-electron chi connectivity index (χ4n) is 4.82. The van der Waals surface area contributed by atoms with Crippen LogP contribution in [-0.2, 0) is 11.2 Å². The quantitative estimate of drug-likeness (QED) is 0.290. The van der Waals surface area contributed by atoms with E-state index in [1.54, 1.807) is 18.2 Å². The number of nitrogens with one attached hydrogen (secondary N) is 2. The molecule has 9 nitrogen and oxygen atoms in total. The molecule has 1 fully saturated rings. The predicted molar refractivity (Wildman–Crippen MR) is 154 cm³/mol. The van der Waals surface area contributed by atoms with Gasteiger partial charge in [-0.3, -0.25) is 4.79 Å². The first-order valence-electron chi connectivity index (χ1n) is 13.4. The third kappa shape index (κ3) is 7.53. The third-order valence-electron chi connectivity index (χ3n) is 6.93. The van der Waals surface area contributed by atoms with Crippen LogP contribution in [0.4, 0.5) is 20.6 Å². The van der Waals surface area contributed by atoms with E-state index in [9.17, 15) is 18.8 Å². The fourth-order valence-corrected chi connectivity index (χ4v) is 4.82. The first-order chi connectivity index (χ1) is 19.6. The van der Waals surface area contributed by atoms with Gasteiger partial charge in [0.25, 0.3) is 0 Å². The summed E-state index contributed by atoms with van der Waals surface area (Å²) in [4.78, 5) is 38.4. The highest BCUT2D eigenvalue weighted by Gasteiger charge is 2.35. The van der Waals surface area contributed by atoms with Gasteiger partial charge < -0.3 is 30.1 Å². The number of halogens is 1. The molecular weight excluding hydrogens is 529 g/mol. The van der Waals surface area contributed by atoms with Crippen molar-refractivity contribution in [1.29, 1.82) is 0 Å². The monoisotopic (exact) mass is 563 g/mol. The van der Waals surface area contributed by atoms with Gasteiger partial charge in [-0.25, -0.2) is 14.0 Å². The average molecular weight is 564 g/mol. The van der Waals surface area contributed by atoms with Crippen LogP contribution in [0.5, 0.6) is 11.5 Å². The highest BCUT2D eigenvalue weighted by molar-refractivity contribution is 6.01. The predicted octanol–water partition coefficient (Wildman–Crippen LogP) is 5.72. The van der Waals surface area contributed by atoms with Crippen LogP contribution in [0, 0.1) is 0 Å². The summed E-state index contributed by atoms with van der Waals surface area (Å²) in [6.07, 6.45) is -0.996. The molecule has 216 valence electrons. The number of rotatable bonds is 10. The Hall–Kier alpha value is -4.60. The Morgan fingerprint density at radius 3 is 2.41 bits per heavy atom. The van der Waals surface area contributed by atoms with Gasteiger partial charge in [0.2, 0.25) is 5.91 Å². The van der Waals surface area contributed by atoms with Crippen LogP contribution in [0.15, 0.2) is 66.7 Å². The van der Waals surface area contributed by atoms with Gasteiger partial charge in [0.05, 0.1) is 37.4 Å². The number of anilines is 2. The molecule has 10 heteroatoms. The number of likely N-dealkylation sites (tertiary alicyclic amines) is 1. The number of hydrogen-bond acceptors (Lipinski definition) is 5. The van der Waals surface area contributed by atoms with Crippen LogP contribution in [0.2, 0.25) is 0 Å². The Labute approximate surface area is 238 Å². The van der Waals surface area contributed by atoms with Crippen LogP contribution in [-0.4, -0.2) is 60.4 Å². The summed E-state index contributed by atoms with van der Waals surface area (Å²) in [5, 5.41) is 14.7. The minimum atomic E-state index is -1.16. The average Bonchev–Trinajstić information content (AvgIpc) is 3.33. The van der Waals surface area contributed by atoms with Crippen molar-refractivity contribution in [3.05, 3.63) is 83.4 Å². The van der Waals surface area contributed by atoms with E-state index in [-0.39, 0.29) is 43.4 Å². The number of benzene rings is 3. The van der Waals surface area contributed by atoms with E-state index >= 15 is 0 Å². The van der Waals surface area contributed by atoms with E-state index in [1.807, 2.05) is 38.1 Å². The molecule has 1 heterocycles. The molecule has 0 unspecified atom stereocenters. The summed E-state index contributed by atoms with van der Waals surface area (Å²) in [6.45, 7) is 4.15. The van der Waals surface area contributed by atoms with E-state index < -0.39 is 24.2 Å². The molecule has 4 rings (SSSR count). The number of carbonyl (C=O) groups is 3. The van der Waals surface area contributed by atoms with E-state index in [0.717, 1.165) is 5.56 Å². The summed E-state index contributed by atoms with van der Waals surface area (Å²) in [5.74, 6) is -0.240. The van der Waals surface area contributed by atoms with Gasteiger partial charge in [-0.1, -0.05) is 38.1 Å². The summed E-state index contributed by atoms with van der Waals surface area (Å²) in [7, 11) is 1.47. The minimum absolute atomic E-state index is 0.0150. The minimum Gasteiger partial charge on any atom is -0.495 e. The number of carboxylic acids is 1. The number of aromatic carboxylic acids is 1. The number of urea groups is 1. The number of amides is 3. The van der Waals surface area contributed by atoms with Crippen molar-refractivity contribution >= 4 is 29.3 Å². The fraction of sp³-hybridized carbons (Fsp3) is 0.323. The molecule has 0 aromatic heterocycles. The number of para-hydroxylation sites is 1. The zero-order valence-corrected chi connectivity index (χ0v) is 23.2. The molecule has 0 radical (unpaired) electrons. The first kappa shape index (κ1) is 29.4. The van der Waals surface area contributed by atoms with Crippen molar-refractivity contribution < 1.29 is 33.4 Å². The molecule has 0 saturated carbocycles. The first-order valence-corrected chi connectivity index (χ1v) is 13.4. The normalized spacial score (nSPS) is 16.4. The molecule has 1 aliphatic rings. The topological polar surface area (TPSA) is 117 Å². The maximum Gasteiger partial charge on any atom is 0.335 e. The number of methoxy groups -OCH3 is 1. The molecule has 1 saturated heterocycles. The van der Waals surface area contributed by atoms with Crippen LogP contribution < -0.4 is 20.1 Å². The van der Waals surface area contributed by atoms with Crippen molar-refractivity contribution in [2.75, 3.05) is 30.9 Å². The molecule has 0 aliphatic carbocycles. The van der Waals surface area contributed by atoms with Crippen molar-refractivity contribution in [3.8, 4) is 11.5 Å². The van der Waals surface area contributed by atoms with E-state index in [0.29, 0.717) is 28.4 Å². The lowest BCUT2D eigenvalue weighted by molar-refractivity contribution is -0.132. The summed E-state index contributed by atoms with van der Waals surface area (Å²) in [6, 6.07) is 17.7. The number of hydrogen-bond donors (Lipinski definition) is 3. The molecule has 3 aromatic carbocycles. The lowest BCUT2D eigenvalue weighted by Gasteiger charge is -2.24. The maximum absolute atomic E-state index is 14.3. The summed E-state index contributed by atoms with van der Waals surface area (Å²) in [5.41, 5.74) is 2.95. The second kappa shape index (κ2) is 13.2. The number of carbonyl (C=O) groups excluding carboxylic acids is 2. The Morgan fingerprint density at radius 1 is 1.02 bits per heavy atom. The molecule has 3 amide bonds. The van der Waals surface area contributed by atoms with Gasteiger partial charge in [-0.05, 0) is 59.5 Å². The van der Waals surface area contributed by atoms with Gasteiger partial charge in [0.1, 0.15) is 24.3 Å². The lowest BCUT2D eigenvalue weighted by Crippen LogP contribution is -2.40. The molecule has 3 N–H and O–H groups in total. The van der Waals surface area contributed by atoms with Crippen LogP contribution >= 0.6 is 0 Å². The smallest absolute Gasteiger partial charge is 0.335 e. The standard InChI is InChI=1S/C31H34FN3O6/c1-19(2)25-6-4-5-7-26(25)33-31(39)34-27-13-8-20(14-28(27)40-3)15-29(36)35-17-22(32)16-23(35)18-41-24-11-9-21(10-12-24)30(37)38/h4-14,19,22-23H,15-18H2,1-3H3,(H,37,38)(H2,33,34,39)/t22-,23-/m0/s1. The van der Waals surface area contributed by atoms with Gasteiger partial charge in [0, 0.05) is 12.1 Å². The van der Waals surface area contributed by atoms with E-state index in [1.165, 1.54) is 36.3 Å². The lowest BCUT2D eigenvalue weighted by atomic mass is 10.0. The summed E-state index contributed by atoms with van der Waals surface area (Å²) >= 11 is 0. The van der Waals surface area contributed by atoms with Gasteiger partial charge >= 0.3 is 12.0 Å². The number of carboxylic acid groups (broad SMARTS) is 1. The zero-order chi connectivity index (χ0) is 29.5. The maximum atomic E-state index is 14.3. The van der Waals surface area contributed by atoms with Crippen molar-refractivity contribution in [2.24, 2.45) is 0 Å². The van der Waals surface area contributed by atoms with E-state index in [2.05, 4.69) is 10.6 Å². The second-order valence-electron chi connectivity index (χ2n) is 10.2. The Balaban J connectivity index is 1.37. The van der Waals surface area contributed by atoms with Crippen molar-refractivity contribution in [1.82, 2.24) is 4.90 Å². The highest BCUT2D eigenvalue weighted by Crippen LogP contribution is 2.29. The highest BCUT2D eigenvalue weighted by atomic mass is 19.1. The molecule has 0 bridgehead atoms. The van der Waals surface area contributed by atoms with E-state index in [4.69, 9.17) is 14.6 Å². The summed E-state index contributed by atoms with van der Waals surface area (Å²) < 4.78 is 25.5.